The molecule has 0 bridgehead atoms. The predicted molar refractivity (Wildman–Crippen MR) is 83.0 cm³/mol. The van der Waals surface area contributed by atoms with Gasteiger partial charge in [0.05, 0.1) is 0 Å². The second-order valence-corrected chi connectivity index (χ2v) is 6.76. The minimum atomic E-state index is -0.209. The average molecular weight is 305 g/mol. The average Bonchev–Trinajstić information content (AvgIpc) is 2.96. The Balaban J connectivity index is 1.52. The maximum atomic E-state index is 13.3. The van der Waals surface area contributed by atoms with Crippen molar-refractivity contribution in [3.8, 4) is 0 Å². The molecule has 1 N–H and O–H groups in total. The van der Waals surface area contributed by atoms with Gasteiger partial charge in [-0.2, -0.15) is 0 Å². The Bertz CT molecular complexity index is 522. The van der Waals surface area contributed by atoms with Gasteiger partial charge in [0.1, 0.15) is 5.82 Å². The van der Waals surface area contributed by atoms with Crippen molar-refractivity contribution in [1.82, 2.24) is 5.32 Å². The van der Waals surface area contributed by atoms with Crippen molar-refractivity contribution in [2.75, 3.05) is 13.2 Å². The molecule has 22 heavy (non-hydrogen) atoms. The number of carbonyl (C=O) groups is 1. The Hall–Kier alpha value is -1.42. The van der Waals surface area contributed by atoms with Gasteiger partial charge in [-0.15, -0.1) is 0 Å². The highest BCUT2D eigenvalue weighted by Gasteiger charge is 2.38. The molecule has 1 heterocycles. The molecule has 2 aliphatic rings. The van der Waals surface area contributed by atoms with Crippen LogP contribution in [0, 0.1) is 11.7 Å². The zero-order valence-electron chi connectivity index (χ0n) is 12.9. The Morgan fingerprint density at radius 2 is 2.27 bits per heavy atom. The lowest BCUT2D eigenvalue weighted by molar-refractivity contribution is -0.124. The lowest BCUT2D eigenvalue weighted by atomic mass is 9.72. The van der Waals surface area contributed by atoms with Gasteiger partial charge in [0.25, 0.3) is 0 Å². The Morgan fingerprint density at radius 1 is 1.41 bits per heavy atom. The second kappa shape index (κ2) is 6.78. The zero-order chi connectivity index (χ0) is 15.4. The van der Waals surface area contributed by atoms with E-state index < -0.39 is 0 Å². The van der Waals surface area contributed by atoms with Gasteiger partial charge in [-0.3, -0.25) is 4.79 Å². The highest BCUT2D eigenvalue weighted by Crippen LogP contribution is 2.35. The smallest absolute Gasteiger partial charge is 0.220 e. The van der Waals surface area contributed by atoms with E-state index in [4.69, 9.17) is 4.74 Å². The van der Waals surface area contributed by atoms with Gasteiger partial charge >= 0.3 is 0 Å². The summed E-state index contributed by atoms with van der Waals surface area (Å²) in [7, 11) is 0. The fourth-order valence-corrected chi connectivity index (χ4v) is 3.49. The summed E-state index contributed by atoms with van der Waals surface area (Å²) in [5.41, 5.74) is 0.807. The van der Waals surface area contributed by atoms with E-state index in [2.05, 4.69) is 5.32 Å². The minimum absolute atomic E-state index is 0.128. The largest absolute Gasteiger partial charge is 0.381 e. The molecule has 1 saturated carbocycles. The fraction of sp³-hybridized carbons (Fsp3) is 0.611. The van der Waals surface area contributed by atoms with Crippen molar-refractivity contribution in [1.29, 1.82) is 0 Å². The van der Waals surface area contributed by atoms with Gasteiger partial charge < -0.3 is 10.1 Å². The molecule has 1 amide bonds. The molecule has 1 aliphatic carbocycles. The fourth-order valence-electron chi connectivity index (χ4n) is 3.49. The summed E-state index contributed by atoms with van der Waals surface area (Å²) in [4.78, 5) is 12.2. The van der Waals surface area contributed by atoms with Crippen molar-refractivity contribution in [2.24, 2.45) is 5.92 Å². The number of carbonyl (C=O) groups excluding carboxylic acids is 1. The van der Waals surface area contributed by atoms with E-state index in [9.17, 15) is 9.18 Å². The van der Waals surface area contributed by atoms with Gasteiger partial charge in [-0.25, -0.2) is 4.39 Å². The van der Waals surface area contributed by atoms with Gasteiger partial charge in [0, 0.05) is 25.2 Å². The molecule has 120 valence electrons. The highest BCUT2D eigenvalue weighted by atomic mass is 19.1. The van der Waals surface area contributed by atoms with Gasteiger partial charge in [0.15, 0.2) is 0 Å². The normalized spacial score (nSPS) is 23.0. The maximum absolute atomic E-state index is 13.3. The van der Waals surface area contributed by atoms with Crippen LogP contribution in [-0.2, 0) is 16.0 Å². The summed E-state index contributed by atoms with van der Waals surface area (Å²) in [5, 5.41) is 3.22. The molecule has 3 nitrogen and oxygen atoms in total. The first-order valence-electron chi connectivity index (χ1n) is 8.28. The van der Waals surface area contributed by atoms with E-state index in [1.54, 1.807) is 12.1 Å². The van der Waals surface area contributed by atoms with Gasteiger partial charge in [0.2, 0.25) is 5.91 Å². The van der Waals surface area contributed by atoms with Crippen LogP contribution in [0.15, 0.2) is 24.3 Å². The molecule has 0 radical (unpaired) electrons. The lowest BCUT2D eigenvalue weighted by Crippen LogP contribution is -2.55. The van der Waals surface area contributed by atoms with Crippen LogP contribution >= 0.6 is 0 Å². The van der Waals surface area contributed by atoms with Gasteiger partial charge in [-0.05, 0) is 62.1 Å². The summed E-state index contributed by atoms with van der Waals surface area (Å²) in [5.74, 6) is 0.453. The van der Waals surface area contributed by atoms with Crippen LogP contribution in [0.1, 0.15) is 44.1 Å². The maximum Gasteiger partial charge on any atom is 0.220 e. The predicted octanol–water partition coefficient (Wildman–Crippen LogP) is 3.22. The lowest BCUT2D eigenvalue weighted by Gasteiger charge is -2.43. The molecule has 1 aromatic rings. The molecule has 1 aromatic carbocycles. The molecule has 0 aromatic heterocycles. The SMILES string of the molecule is O=C(CC[C@H]1CCOC1)NC1(Cc2cccc(F)c2)CCC1. The standard InChI is InChI=1S/C18H24FNO2/c19-16-4-1-3-15(11-16)12-18(8-2-9-18)20-17(21)6-5-14-7-10-22-13-14/h1,3-4,11,14H,2,5-10,12-13H2,(H,20,21)/t14-/m0/s1. The van der Waals surface area contributed by atoms with Crippen molar-refractivity contribution < 1.29 is 13.9 Å². The third kappa shape index (κ3) is 3.86. The van der Waals surface area contributed by atoms with Crippen LogP contribution in [0.3, 0.4) is 0 Å². The van der Waals surface area contributed by atoms with Crippen LogP contribution in [0.2, 0.25) is 0 Å². The molecule has 1 aliphatic heterocycles. The van der Waals surface area contributed by atoms with E-state index in [1.165, 1.54) is 6.07 Å². The monoisotopic (exact) mass is 305 g/mol. The number of halogens is 1. The van der Waals surface area contributed by atoms with Crippen LogP contribution in [0.5, 0.6) is 0 Å². The second-order valence-electron chi connectivity index (χ2n) is 6.76. The summed E-state index contributed by atoms with van der Waals surface area (Å²) >= 11 is 0. The topological polar surface area (TPSA) is 38.3 Å². The Labute approximate surface area is 131 Å². The Morgan fingerprint density at radius 3 is 2.91 bits per heavy atom. The molecule has 1 atom stereocenters. The zero-order valence-corrected chi connectivity index (χ0v) is 12.9. The van der Waals surface area contributed by atoms with Crippen molar-refractivity contribution >= 4 is 5.91 Å². The molecule has 3 rings (SSSR count). The van der Waals surface area contributed by atoms with E-state index in [-0.39, 0.29) is 17.3 Å². The number of rotatable bonds is 6. The summed E-state index contributed by atoms with van der Waals surface area (Å²) < 4.78 is 18.7. The van der Waals surface area contributed by atoms with Gasteiger partial charge in [-0.1, -0.05) is 12.1 Å². The first-order chi connectivity index (χ1) is 10.7. The van der Waals surface area contributed by atoms with Crippen molar-refractivity contribution in [3.63, 3.8) is 0 Å². The first kappa shape index (κ1) is 15.5. The van der Waals surface area contributed by atoms with E-state index in [0.29, 0.717) is 12.3 Å². The third-order valence-corrected chi connectivity index (χ3v) is 4.95. The van der Waals surface area contributed by atoms with Crippen LogP contribution in [0.4, 0.5) is 4.39 Å². The molecular formula is C18H24FNO2. The van der Waals surface area contributed by atoms with Crippen molar-refractivity contribution in [2.45, 2.75) is 50.5 Å². The minimum Gasteiger partial charge on any atom is -0.381 e. The summed E-state index contributed by atoms with van der Waals surface area (Å²) in [6.45, 7) is 1.62. The van der Waals surface area contributed by atoms with Crippen LogP contribution in [0.25, 0.3) is 0 Å². The number of hydrogen-bond acceptors (Lipinski definition) is 2. The quantitative estimate of drug-likeness (QED) is 0.876. The molecule has 0 spiro atoms. The molecule has 2 fully saturated rings. The number of nitrogens with one attached hydrogen (secondary N) is 1. The van der Waals surface area contributed by atoms with Crippen LogP contribution in [-0.4, -0.2) is 24.7 Å². The summed E-state index contributed by atoms with van der Waals surface area (Å²) in [6.07, 6.45) is 6.38. The van der Waals surface area contributed by atoms with Crippen molar-refractivity contribution in [3.05, 3.63) is 35.6 Å². The van der Waals surface area contributed by atoms with E-state index >= 15 is 0 Å². The Kier molecular flexibility index (Phi) is 4.77. The molecule has 4 heteroatoms. The highest BCUT2D eigenvalue weighted by molar-refractivity contribution is 5.77. The van der Waals surface area contributed by atoms with E-state index in [0.717, 1.165) is 57.3 Å². The van der Waals surface area contributed by atoms with Crippen LogP contribution < -0.4 is 5.32 Å². The third-order valence-electron chi connectivity index (χ3n) is 4.95. The van der Waals surface area contributed by atoms with E-state index in [1.807, 2.05) is 6.07 Å². The molecule has 1 saturated heterocycles. The molecule has 0 unspecified atom stereocenters. The first-order valence-corrected chi connectivity index (χ1v) is 8.28. The number of ether oxygens (including phenoxy) is 1. The number of benzene rings is 1. The summed E-state index contributed by atoms with van der Waals surface area (Å²) in [6, 6.07) is 6.70. The number of hydrogen-bond donors (Lipinski definition) is 1. The number of amides is 1. The molecular weight excluding hydrogens is 281 g/mol.